The van der Waals surface area contributed by atoms with Crippen molar-refractivity contribution in [3.8, 4) is 0 Å². The lowest BCUT2D eigenvalue weighted by molar-refractivity contribution is 0.602. The first kappa shape index (κ1) is 13.0. The minimum atomic E-state index is -0.610. The number of nitrogens with zero attached hydrogens (tertiary/aromatic N) is 2. The molecule has 0 saturated carbocycles. The van der Waals surface area contributed by atoms with Crippen LogP contribution in [0.3, 0.4) is 0 Å². The van der Waals surface area contributed by atoms with Crippen LogP contribution in [-0.4, -0.2) is 11.9 Å². The standard InChI is InChI=1S/C12H13F2N3/c1-3-8(2)12(17-15)7-16-11-6-9(13)4-5-10(11)14/h4-7H,2-3,15H2,1H3. The zero-order chi connectivity index (χ0) is 12.8. The van der Waals surface area contributed by atoms with Crippen molar-refractivity contribution in [2.75, 3.05) is 0 Å². The molecule has 1 rings (SSSR count). The first-order valence-electron chi connectivity index (χ1n) is 5.03. The van der Waals surface area contributed by atoms with Gasteiger partial charge in [-0.2, -0.15) is 5.10 Å². The van der Waals surface area contributed by atoms with Crippen LogP contribution in [0.1, 0.15) is 13.3 Å². The van der Waals surface area contributed by atoms with Crippen LogP contribution in [0.4, 0.5) is 14.5 Å². The molecule has 0 aliphatic heterocycles. The fourth-order valence-corrected chi connectivity index (χ4v) is 1.11. The molecule has 3 nitrogen and oxygen atoms in total. The molecule has 0 heterocycles. The van der Waals surface area contributed by atoms with Crippen LogP contribution in [0.15, 0.2) is 40.4 Å². The van der Waals surface area contributed by atoms with E-state index in [4.69, 9.17) is 5.84 Å². The van der Waals surface area contributed by atoms with Crippen LogP contribution in [0.2, 0.25) is 0 Å². The number of hydrogen-bond acceptors (Lipinski definition) is 3. The third-order valence-electron chi connectivity index (χ3n) is 2.16. The highest BCUT2D eigenvalue weighted by Crippen LogP contribution is 2.18. The molecule has 2 N–H and O–H groups in total. The molecule has 0 aromatic heterocycles. The first-order chi connectivity index (χ1) is 8.08. The predicted molar refractivity (Wildman–Crippen MR) is 65.6 cm³/mol. The highest BCUT2D eigenvalue weighted by atomic mass is 19.1. The molecule has 0 atom stereocenters. The monoisotopic (exact) mass is 237 g/mol. The number of allylic oxidation sites excluding steroid dienone is 1. The van der Waals surface area contributed by atoms with Gasteiger partial charge in [0.2, 0.25) is 0 Å². The molecule has 0 spiro atoms. The highest BCUT2D eigenvalue weighted by molar-refractivity contribution is 6.38. The van der Waals surface area contributed by atoms with Gasteiger partial charge in [0, 0.05) is 6.07 Å². The summed E-state index contributed by atoms with van der Waals surface area (Å²) in [5.74, 6) is 3.98. The summed E-state index contributed by atoms with van der Waals surface area (Å²) in [6, 6.07) is 3.03. The maximum atomic E-state index is 13.2. The van der Waals surface area contributed by atoms with E-state index in [-0.39, 0.29) is 5.69 Å². The van der Waals surface area contributed by atoms with E-state index in [2.05, 4.69) is 16.7 Å². The van der Waals surface area contributed by atoms with Gasteiger partial charge in [-0.1, -0.05) is 13.5 Å². The van der Waals surface area contributed by atoms with E-state index in [1.54, 1.807) is 0 Å². The average Bonchev–Trinajstić information content (AvgIpc) is 2.33. The molecule has 0 aliphatic rings. The van der Waals surface area contributed by atoms with Crippen LogP contribution >= 0.6 is 0 Å². The molecular weight excluding hydrogens is 224 g/mol. The molecule has 17 heavy (non-hydrogen) atoms. The van der Waals surface area contributed by atoms with Crippen molar-refractivity contribution in [3.05, 3.63) is 42.0 Å². The second-order valence-corrected chi connectivity index (χ2v) is 3.33. The van der Waals surface area contributed by atoms with Crippen molar-refractivity contribution in [3.63, 3.8) is 0 Å². The smallest absolute Gasteiger partial charge is 0.149 e. The van der Waals surface area contributed by atoms with Gasteiger partial charge in [0.05, 0.1) is 6.21 Å². The largest absolute Gasteiger partial charge is 0.323 e. The van der Waals surface area contributed by atoms with E-state index < -0.39 is 11.6 Å². The zero-order valence-corrected chi connectivity index (χ0v) is 9.45. The quantitative estimate of drug-likeness (QED) is 0.488. The Morgan fingerprint density at radius 2 is 2.18 bits per heavy atom. The molecule has 5 heteroatoms. The van der Waals surface area contributed by atoms with Gasteiger partial charge < -0.3 is 5.84 Å². The van der Waals surface area contributed by atoms with Crippen LogP contribution < -0.4 is 5.84 Å². The van der Waals surface area contributed by atoms with E-state index in [1.165, 1.54) is 6.21 Å². The van der Waals surface area contributed by atoms with Gasteiger partial charge >= 0.3 is 0 Å². The van der Waals surface area contributed by atoms with Crippen molar-refractivity contribution in [2.45, 2.75) is 13.3 Å². The summed E-state index contributed by atoms with van der Waals surface area (Å²) < 4.78 is 26.1. The summed E-state index contributed by atoms with van der Waals surface area (Å²) in [4.78, 5) is 3.80. The third-order valence-corrected chi connectivity index (χ3v) is 2.16. The van der Waals surface area contributed by atoms with Crippen LogP contribution in [0.25, 0.3) is 0 Å². The lowest BCUT2D eigenvalue weighted by atomic mass is 10.1. The van der Waals surface area contributed by atoms with E-state index in [1.807, 2.05) is 6.92 Å². The Balaban J connectivity index is 2.97. The highest BCUT2D eigenvalue weighted by Gasteiger charge is 2.03. The lowest BCUT2D eigenvalue weighted by Gasteiger charge is -2.00. The van der Waals surface area contributed by atoms with Gasteiger partial charge in [-0.15, -0.1) is 0 Å². The molecule has 0 bridgehead atoms. The first-order valence-corrected chi connectivity index (χ1v) is 5.03. The Kier molecular flexibility index (Phi) is 4.51. The second-order valence-electron chi connectivity index (χ2n) is 3.33. The average molecular weight is 237 g/mol. The van der Waals surface area contributed by atoms with Crippen LogP contribution in [0.5, 0.6) is 0 Å². The van der Waals surface area contributed by atoms with Crippen molar-refractivity contribution in [2.24, 2.45) is 15.9 Å². The molecule has 90 valence electrons. The molecule has 0 unspecified atom stereocenters. The molecule has 0 radical (unpaired) electrons. The summed E-state index contributed by atoms with van der Waals surface area (Å²) in [6.45, 7) is 5.61. The second kappa shape index (κ2) is 5.89. The van der Waals surface area contributed by atoms with Crippen molar-refractivity contribution >= 4 is 17.6 Å². The van der Waals surface area contributed by atoms with Crippen molar-refractivity contribution in [1.82, 2.24) is 0 Å². The Labute approximate surface area is 98.4 Å². The fraction of sp³-hybridized carbons (Fsp3) is 0.167. The van der Waals surface area contributed by atoms with Gasteiger partial charge in [0.25, 0.3) is 0 Å². The number of halogens is 2. The summed E-state index contributed by atoms with van der Waals surface area (Å²) in [7, 11) is 0. The number of benzene rings is 1. The maximum Gasteiger partial charge on any atom is 0.149 e. The number of hydrogen-bond donors (Lipinski definition) is 1. The number of rotatable bonds is 4. The number of nitrogens with two attached hydrogens (primary N) is 1. The molecule has 0 aliphatic carbocycles. The molecular formula is C12H13F2N3. The van der Waals surface area contributed by atoms with Crippen molar-refractivity contribution < 1.29 is 8.78 Å². The Hall–Kier alpha value is -2.04. The summed E-state index contributed by atoms with van der Waals surface area (Å²) >= 11 is 0. The van der Waals surface area contributed by atoms with E-state index in [9.17, 15) is 8.78 Å². The van der Waals surface area contributed by atoms with E-state index >= 15 is 0 Å². The molecule has 0 saturated heterocycles. The molecule has 1 aromatic carbocycles. The summed E-state index contributed by atoms with van der Waals surface area (Å²) in [5.41, 5.74) is 0.930. The molecule has 1 aromatic rings. The SMILES string of the molecule is C=C(CC)C(C=Nc1cc(F)ccc1F)=NN. The third kappa shape index (κ3) is 3.48. The minimum Gasteiger partial charge on any atom is -0.323 e. The Morgan fingerprint density at radius 1 is 1.47 bits per heavy atom. The number of aliphatic imine (C=N–C) groups is 1. The van der Waals surface area contributed by atoms with Gasteiger partial charge in [-0.05, 0) is 24.1 Å². The summed E-state index contributed by atoms with van der Waals surface area (Å²) in [5, 5.41) is 3.48. The molecule has 0 amide bonds. The van der Waals surface area contributed by atoms with E-state index in [0.717, 1.165) is 18.2 Å². The number of hydrazone groups is 1. The lowest BCUT2D eigenvalue weighted by Crippen LogP contribution is -2.06. The fourth-order valence-electron chi connectivity index (χ4n) is 1.11. The minimum absolute atomic E-state index is 0.102. The van der Waals surface area contributed by atoms with Crippen LogP contribution in [0, 0.1) is 11.6 Å². The van der Waals surface area contributed by atoms with Crippen molar-refractivity contribution in [1.29, 1.82) is 0 Å². The Morgan fingerprint density at radius 3 is 2.76 bits per heavy atom. The van der Waals surface area contributed by atoms with Gasteiger partial charge in [0.1, 0.15) is 23.0 Å². The van der Waals surface area contributed by atoms with Gasteiger partial charge in [0.15, 0.2) is 0 Å². The zero-order valence-electron chi connectivity index (χ0n) is 9.45. The predicted octanol–water partition coefficient (Wildman–Crippen LogP) is 2.95. The Bertz CT molecular complexity index is 479. The molecule has 0 fully saturated rings. The van der Waals surface area contributed by atoms with Gasteiger partial charge in [-0.3, -0.25) is 4.99 Å². The van der Waals surface area contributed by atoms with Gasteiger partial charge in [-0.25, -0.2) is 8.78 Å². The van der Waals surface area contributed by atoms with E-state index in [0.29, 0.717) is 17.7 Å². The maximum absolute atomic E-state index is 13.2. The normalized spacial score (nSPS) is 12.1. The topological polar surface area (TPSA) is 50.7 Å². The summed E-state index contributed by atoms with van der Waals surface area (Å²) in [6.07, 6.45) is 1.91. The van der Waals surface area contributed by atoms with Crippen LogP contribution in [-0.2, 0) is 0 Å².